The van der Waals surface area contributed by atoms with Gasteiger partial charge in [0.1, 0.15) is 6.54 Å². The van der Waals surface area contributed by atoms with Crippen LogP contribution in [0.4, 0.5) is 0 Å². The fourth-order valence-corrected chi connectivity index (χ4v) is 4.14. The van der Waals surface area contributed by atoms with Crippen molar-refractivity contribution in [2.45, 2.75) is 25.4 Å². The average molecular weight is 419 g/mol. The number of likely N-dealkylation sites (tertiary alicyclic amines) is 1. The molecular weight excluding hydrogens is 398 g/mol. The number of rotatable bonds is 4. The monoisotopic (exact) mass is 419 g/mol. The van der Waals surface area contributed by atoms with Crippen molar-refractivity contribution in [2.75, 3.05) is 13.1 Å². The van der Waals surface area contributed by atoms with Crippen LogP contribution in [-0.2, 0) is 11.3 Å². The Balaban J connectivity index is 1.27. The quantitative estimate of drug-likeness (QED) is 0.545. The zero-order valence-electron chi connectivity index (χ0n) is 16.7. The van der Waals surface area contributed by atoms with Crippen LogP contribution in [0.2, 0.25) is 0 Å². The van der Waals surface area contributed by atoms with Crippen LogP contribution in [0, 0.1) is 0 Å². The maximum atomic E-state index is 12.7. The lowest BCUT2D eigenvalue weighted by Crippen LogP contribution is -2.42. The molecule has 4 aromatic rings. The minimum absolute atomic E-state index is 0.0205. The molecule has 1 amide bonds. The molecule has 1 N–H and O–H groups in total. The third-order valence-electron chi connectivity index (χ3n) is 5.72. The minimum atomic E-state index is -0.660. The highest BCUT2D eigenvalue weighted by atomic mass is 16.4. The SMILES string of the molecule is O=C(Cn1nc(-c2ccccc2)oc1=O)N1CCC(n2c(=O)[nH]c3ccccc32)CC1. The van der Waals surface area contributed by atoms with Crippen LogP contribution in [0.3, 0.4) is 0 Å². The number of hydrogen-bond acceptors (Lipinski definition) is 5. The number of imidazole rings is 1. The van der Waals surface area contributed by atoms with Gasteiger partial charge in [-0.3, -0.25) is 9.36 Å². The van der Waals surface area contributed by atoms with Crippen LogP contribution in [0.1, 0.15) is 18.9 Å². The van der Waals surface area contributed by atoms with Gasteiger partial charge in [0.25, 0.3) is 0 Å². The molecule has 5 rings (SSSR count). The fourth-order valence-electron chi connectivity index (χ4n) is 4.14. The zero-order chi connectivity index (χ0) is 21.4. The summed E-state index contributed by atoms with van der Waals surface area (Å²) in [6.45, 7) is 0.841. The third-order valence-corrected chi connectivity index (χ3v) is 5.72. The Morgan fingerprint density at radius 2 is 1.74 bits per heavy atom. The van der Waals surface area contributed by atoms with Crippen LogP contribution in [0.25, 0.3) is 22.5 Å². The van der Waals surface area contributed by atoms with Crippen molar-refractivity contribution in [1.82, 2.24) is 24.2 Å². The van der Waals surface area contributed by atoms with Crippen molar-refractivity contribution in [3.05, 3.63) is 75.6 Å². The third kappa shape index (κ3) is 3.58. The molecule has 1 fully saturated rings. The number of nitrogens with one attached hydrogen (secondary N) is 1. The number of para-hydroxylation sites is 2. The summed E-state index contributed by atoms with van der Waals surface area (Å²) in [5.74, 6) is -0.664. The molecular formula is C22H21N5O4. The van der Waals surface area contributed by atoms with E-state index in [1.54, 1.807) is 21.6 Å². The summed E-state index contributed by atoms with van der Waals surface area (Å²) in [7, 11) is 0. The number of amides is 1. The number of carbonyl (C=O) groups excluding carboxylic acids is 1. The summed E-state index contributed by atoms with van der Waals surface area (Å²) in [4.78, 5) is 41.9. The Morgan fingerprint density at radius 3 is 2.52 bits per heavy atom. The Labute approximate surface area is 176 Å². The van der Waals surface area contributed by atoms with Gasteiger partial charge in [-0.1, -0.05) is 30.3 Å². The summed E-state index contributed by atoms with van der Waals surface area (Å²) >= 11 is 0. The Bertz CT molecular complexity index is 1340. The highest BCUT2D eigenvalue weighted by Gasteiger charge is 2.27. The molecule has 3 heterocycles. The molecule has 1 aliphatic rings. The first-order chi connectivity index (χ1) is 15.1. The number of fused-ring (bicyclic) bond motifs is 1. The summed E-state index contributed by atoms with van der Waals surface area (Å²) in [5, 5.41) is 4.16. The van der Waals surface area contributed by atoms with Crippen molar-refractivity contribution in [3.63, 3.8) is 0 Å². The number of H-pyrrole nitrogens is 1. The van der Waals surface area contributed by atoms with Crippen LogP contribution in [0.15, 0.2) is 68.6 Å². The second kappa shape index (κ2) is 7.75. The molecule has 9 heteroatoms. The number of aromatic nitrogens is 4. The first-order valence-corrected chi connectivity index (χ1v) is 10.2. The topological polar surface area (TPSA) is 106 Å². The second-order valence-electron chi connectivity index (χ2n) is 7.63. The molecule has 9 nitrogen and oxygen atoms in total. The number of piperidine rings is 1. The van der Waals surface area contributed by atoms with Crippen LogP contribution >= 0.6 is 0 Å². The lowest BCUT2D eigenvalue weighted by atomic mass is 10.0. The first-order valence-electron chi connectivity index (χ1n) is 10.2. The van der Waals surface area contributed by atoms with E-state index < -0.39 is 5.76 Å². The molecule has 0 radical (unpaired) electrons. The van der Waals surface area contributed by atoms with E-state index in [1.165, 1.54) is 0 Å². The van der Waals surface area contributed by atoms with E-state index in [2.05, 4.69) is 10.1 Å². The largest absolute Gasteiger partial charge is 0.437 e. The van der Waals surface area contributed by atoms with Crippen molar-refractivity contribution in [3.8, 4) is 11.5 Å². The fraction of sp³-hybridized carbons (Fsp3) is 0.273. The number of carbonyl (C=O) groups is 1. The molecule has 0 saturated carbocycles. The van der Waals surface area contributed by atoms with E-state index in [-0.39, 0.29) is 30.1 Å². The van der Waals surface area contributed by atoms with Gasteiger partial charge >= 0.3 is 11.4 Å². The zero-order valence-corrected chi connectivity index (χ0v) is 16.7. The Kier molecular flexibility index (Phi) is 4.78. The molecule has 0 bridgehead atoms. The predicted octanol–water partition coefficient (Wildman–Crippen LogP) is 2.01. The maximum Gasteiger partial charge on any atom is 0.437 e. The number of benzene rings is 2. The second-order valence-corrected chi connectivity index (χ2v) is 7.63. The first kappa shape index (κ1) is 19.1. The molecule has 1 saturated heterocycles. The van der Waals surface area contributed by atoms with Gasteiger partial charge in [0.2, 0.25) is 11.8 Å². The van der Waals surface area contributed by atoms with Gasteiger partial charge in [-0.15, -0.1) is 5.10 Å². The molecule has 0 aliphatic carbocycles. The molecule has 0 atom stereocenters. The van der Waals surface area contributed by atoms with Crippen LogP contribution in [0.5, 0.6) is 0 Å². The summed E-state index contributed by atoms with van der Waals surface area (Å²) in [6, 6.07) is 16.7. The molecule has 2 aromatic heterocycles. The van der Waals surface area contributed by atoms with Gasteiger partial charge in [0.15, 0.2) is 0 Å². The lowest BCUT2D eigenvalue weighted by Gasteiger charge is -2.32. The molecule has 1 aliphatic heterocycles. The van der Waals surface area contributed by atoms with E-state index in [0.717, 1.165) is 15.7 Å². The lowest BCUT2D eigenvalue weighted by molar-refractivity contribution is -0.133. The van der Waals surface area contributed by atoms with Crippen molar-refractivity contribution < 1.29 is 9.21 Å². The van der Waals surface area contributed by atoms with Gasteiger partial charge in [0, 0.05) is 24.7 Å². The van der Waals surface area contributed by atoms with Crippen molar-refractivity contribution in [1.29, 1.82) is 0 Å². The minimum Gasteiger partial charge on any atom is -0.388 e. The molecule has 0 unspecified atom stereocenters. The number of hydrogen-bond donors (Lipinski definition) is 1. The molecule has 31 heavy (non-hydrogen) atoms. The van der Waals surface area contributed by atoms with E-state index in [0.29, 0.717) is 31.5 Å². The van der Waals surface area contributed by atoms with E-state index in [4.69, 9.17) is 4.42 Å². The van der Waals surface area contributed by atoms with Gasteiger partial charge in [-0.2, -0.15) is 4.68 Å². The predicted molar refractivity (Wildman–Crippen MR) is 114 cm³/mol. The number of nitrogens with zero attached hydrogens (tertiary/aromatic N) is 4. The summed E-state index contributed by atoms with van der Waals surface area (Å²) in [5.41, 5.74) is 2.23. The average Bonchev–Trinajstić information content (AvgIpc) is 3.33. The van der Waals surface area contributed by atoms with Gasteiger partial charge in [-0.05, 0) is 37.1 Å². The Morgan fingerprint density at radius 1 is 1.03 bits per heavy atom. The number of aromatic amines is 1. The van der Waals surface area contributed by atoms with E-state index in [9.17, 15) is 14.4 Å². The maximum absolute atomic E-state index is 12.7. The Hall–Kier alpha value is -3.88. The van der Waals surface area contributed by atoms with E-state index >= 15 is 0 Å². The summed E-state index contributed by atoms with van der Waals surface area (Å²) < 4.78 is 8.03. The van der Waals surface area contributed by atoms with Crippen LogP contribution < -0.4 is 11.4 Å². The molecule has 158 valence electrons. The van der Waals surface area contributed by atoms with Gasteiger partial charge in [-0.25, -0.2) is 9.59 Å². The molecule has 2 aromatic carbocycles. The van der Waals surface area contributed by atoms with Crippen molar-refractivity contribution in [2.24, 2.45) is 0 Å². The highest BCUT2D eigenvalue weighted by Crippen LogP contribution is 2.25. The van der Waals surface area contributed by atoms with Crippen molar-refractivity contribution >= 4 is 16.9 Å². The normalized spacial score (nSPS) is 14.9. The summed E-state index contributed by atoms with van der Waals surface area (Å²) in [6.07, 6.45) is 1.33. The van der Waals surface area contributed by atoms with E-state index in [1.807, 2.05) is 42.5 Å². The van der Waals surface area contributed by atoms with Gasteiger partial charge in [0.05, 0.1) is 11.0 Å². The van der Waals surface area contributed by atoms with Crippen LogP contribution in [-0.4, -0.2) is 43.2 Å². The van der Waals surface area contributed by atoms with Gasteiger partial charge < -0.3 is 14.3 Å². The molecule has 0 spiro atoms. The smallest absolute Gasteiger partial charge is 0.388 e. The standard InChI is InChI=1S/C22H21N5O4/c28-19(14-26-22(30)31-20(24-26)15-6-2-1-3-7-15)25-12-10-16(11-13-25)27-18-9-5-4-8-17(18)23-21(27)29/h1-9,16H,10-14H2,(H,23,29). The highest BCUT2D eigenvalue weighted by molar-refractivity contribution is 5.76.